The Labute approximate surface area is 190 Å². The minimum atomic E-state index is 0.00699. The number of nitrogens with zero attached hydrogens (tertiary/aromatic N) is 3. The van der Waals surface area contributed by atoms with Gasteiger partial charge in [0.2, 0.25) is 0 Å². The molecule has 2 fully saturated rings. The van der Waals surface area contributed by atoms with Crippen LogP contribution in [0.2, 0.25) is 0 Å². The molecule has 3 aromatic rings. The maximum atomic E-state index is 5.90. The number of aromatic nitrogens is 2. The summed E-state index contributed by atoms with van der Waals surface area (Å²) in [7, 11) is 0. The van der Waals surface area contributed by atoms with Gasteiger partial charge < -0.3 is 14.8 Å². The molecule has 0 spiro atoms. The van der Waals surface area contributed by atoms with E-state index in [1.54, 1.807) is 0 Å². The second-order valence-electron chi connectivity index (χ2n) is 8.90. The van der Waals surface area contributed by atoms with Gasteiger partial charge in [-0.2, -0.15) is 0 Å². The highest BCUT2D eigenvalue weighted by molar-refractivity contribution is 7.80. The highest BCUT2D eigenvalue weighted by Crippen LogP contribution is 2.43. The third-order valence-corrected chi connectivity index (χ3v) is 7.26. The van der Waals surface area contributed by atoms with Crippen LogP contribution in [0.5, 0.6) is 0 Å². The number of nitrogens with one attached hydrogen (secondary N) is 1. The molecule has 0 unspecified atom stereocenters. The maximum Gasteiger partial charge on any atom is 0.174 e. The zero-order valence-corrected chi connectivity index (χ0v) is 19.1. The third-order valence-electron chi connectivity index (χ3n) is 6.95. The van der Waals surface area contributed by atoms with Crippen molar-refractivity contribution >= 4 is 23.0 Å². The van der Waals surface area contributed by atoms with Crippen LogP contribution >= 0.6 is 12.2 Å². The number of rotatable bonds is 4. The van der Waals surface area contributed by atoms with E-state index in [2.05, 4.69) is 77.3 Å². The molecule has 2 aliphatic rings. The Hall–Kier alpha value is -2.66. The fraction of sp³-hybridized carbons (Fsp3) is 0.385. The Kier molecular flexibility index (Phi) is 5.53. The molecule has 160 valence electrons. The molecule has 2 atom stereocenters. The lowest BCUT2D eigenvalue weighted by atomic mass is 9.94. The van der Waals surface area contributed by atoms with Crippen molar-refractivity contribution < 1.29 is 0 Å². The number of anilines is 1. The van der Waals surface area contributed by atoms with E-state index in [4.69, 9.17) is 17.2 Å². The molecule has 1 aromatic carbocycles. The van der Waals surface area contributed by atoms with Crippen LogP contribution in [-0.4, -0.2) is 14.7 Å². The normalized spacial score (nSPS) is 22.0. The topological polar surface area (TPSA) is 33.1 Å². The lowest BCUT2D eigenvalue weighted by Gasteiger charge is -2.32. The Morgan fingerprint density at radius 3 is 2.55 bits per heavy atom. The van der Waals surface area contributed by atoms with E-state index in [0.717, 1.165) is 16.5 Å². The molecule has 1 saturated carbocycles. The van der Waals surface area contributed by atoms with Gasteiger partial charge >= 0.3 is 0 Å². The summed E-state index contributed by atoms with van der Waals surface area (Å²) in [5.41, 5.74) is 6.05. The molecule has 1 saturated heterocycles. The zero-order chi connectivity index (χ0) is 21.4. The van der Waals surface area contributed by atoms with E-state index in [9.17, 15) is 0 Å². The summed E-state index contributed by atoms with van der Waals surface area (Å²) < 4.78 is 2.52. The van der Waals surface area contributed by atoms with Gasteiger partial charge in [-0.05, 0) is 86.4 Å². The van der Waals surface area contributed by atoms with Crippen LogP contribution in [0.4, 0.5) is 5.69 Å². The average Bonchev–Trinajstić information content (AvgIpc) is 3.41. The minimum Gasteiger partial charge on any atom is -0.351 e. The van der Waals surface area contributed by atoms with Crippen LogP contribution in [0.3, 0.4) is 0 Å². The van der Waals surface area contributed by atoms with Crippen molar-refractivity contribution in [1.29, 1.82) is 0 Å². The van der Waals surface area contributed by atoms with Gasteiger partial charge in [-0.25, -0.2) is 0 Å². The van der Waals surface area contributed by atoms with Gasteiger partial charge in [0, 0.05) is 29.8 Å². The summed E-state index contributed by atoms with van der Waals surface area (Å²) in [6, 6.07) is 17.9. The fourth-order valence-electron chi connectivity index (χ4n) is 5.16. The zero-order valence-electron chi connectivity index (χ0n) is 18.3. The first-order chi connectivity index (χ1) is 15.1. The summed E-state index contributed by atoms with van der Waals surface area (Å²) in [5.74, 6) is 0. The first-order valence-corrected chi connectivity index (χ1v) is 11.8. The van der Waals surface area contributed by atoms with E-state index in [1.807, 2.05) is 12.3 Å². The van der Waals surface area contributed by atoms with Gasteiger partial charge in [0.05, 0.1) is 11.7 Å². The molecule has 3 heterocycles. The SMILES string of the molecule is Cc1ccc(N2C(=S)N[C@H](c3ccccn3)[C@@H]2c2cccn2C2CCCCC2)cc1C. The number of hydrogen-bond acceptors (Lipinski definition) is 2. The average molecular weight is 431 g/mol. The summed E-state index contributed by atoms with van der Waals surface area (Å²) in [6.07, 6.45) is 10.6. The van der Waals surface area contributed by atoms with Gasteiger partial charge in [0.1, 0.15) is 6.04 Å². The Balaban J connectivity index is 1.62. The molecule has 0 radical (unpaired) electrons. The van der Waals surface area contributed by atoms with Crippen molar-refractivity contribution in [2.24, 2.45) is 0 Å². The molecule has 5 rings (SSSR count). The van der Waals surface area contributed by atoms with Crippen LogP contribution in [0.1, 0.15) is 72.7 Å². The predicted octanol–water partition coefficient (Wildman–Crippen LogP) is 6.18. The highest BCUT2D eigenvalue weighted by atomic mass is 32.1. The second-order valence-corrected chi connectivity index (χ2v) is 9.28. The first-order valence-electron chi connectivity index (χ1n) is 11.4. The van der Waals surface area contributed by atoms with Crippen LogP contribution < -0.4 is 10.2 Å². The Morgan fingerprint density at radius 2 is 1.81 bits per heavy atom. The first kappa shape index (κ1) is 20.3. The van der Waals surface area contributed by atoms with Gasteiger partial charge in [-0.15, -0.1) is 0 Å². The number of benzene rings is 1. The predicted molar refractivity (Wildman–Crippen MR) is 130 cm³/mol. The number of hydrogen-bond donors (Lipinski definition) is 1. The maximum absolute atomic E-state index is 5.90. The molecule has 2 aromatic heterocycles. The van der Waals surface area contributed by atoms with Crippen LogP contribution in [0.15, 0.2) is 60.9 Å². The molecule has 5 heteroatoms. The Bertz CT molecular complexity index is 1070. The summed E-state index contributed by atoms with van der Waals surface area (Å²) in [4.78, 5) is 7.00. The highest BCUT2D eigenvalue weighted by Gasteiger charge is 2.42. The van der Waals surface area contributed by atoms with Gasteiger partial charge in [-0.3, -0.25) is 4.98 Å². The van der Waals surface area contributed by atoms with Crippen molar-refractivity contribution in [2.75, 3.05) is 4.90 Å². The standard InChI is InChI=1S/C26H30N4S/c1-18-13-14-21(17-19(18)2)30-25(24(28-26(30)31)22-11-6-7-15-27-22)23-12-8-16-29(23)20-9-4-3-5-10-20/h6-8,11-17,20,24-25H,3-5,9-10H2,1-2H3,(H,28,31)/t24-,25+/m1/s1. The molecule has 31 heavy (non-hydrogen) atoms. The molecule has 4 nitrogen and oxygen atoms in total. The number of pyridine rings is 1. The molecule has 0 amide bonds. The fourth-order valence-corrected chi connectivity index (χ4v) is 5.50. The van der Waals surface area contributed by atoms with Crippen LogP contribution in [0, 0.1) is 13.8 Å². The lowest BCUT2D eigenvalue weighted by molar-refractivity contribution is 0.340. The smallest absolute Gasteiger partial charge is 0.174 e. The lowest BCUT2D eigenvalue weighted by Crippen LogP contribution is -2.31. The molecule has 0 bridgehead atoms. The summed E-state index contributed by atoms with van der Waals surface area (Å²) in [6.45, 7) is 4.32. The molecule has 1 N–H and O–H groups in total. The van der Waals surface area contributed by atoms with E-state index in [1.165, 1.54) is 48.9 Å². The van der Waals surface area contributed by atoms with E-state index in [0.29, 0.717) is 6.04 Å². The van der Waals surface area contributed by atoms with Crippen molar-refractivity contribution in [2.45, 2.75) is 64.1 Å². The van der Waals surface area contributed by atoms with Crippen LogP contribution in [0.25, 0.3) is 0 Å². The molecule has 1 aliphatic carbocycles. The third kappa shape index (κ3) is 3.76. The van der Waals surface area contributed by atoms with Gasteiger partial charge in [0.15, 0.2) is 5.11 Å². The van der Waals surface area contributed by atoms with Crippen molar-refractivity contribution in [3.8, 4) is 0 Å². The van der Waals surface area contributed by atoms with Crippen molar-refractivity contribution in [1.82, 2.24) is 14.9 Å². The number of thiocarbonyl (C=S) groups is 1. The summed E-state index contributed by atoms with van der Waals surface area (Å²) >= 11 is 5.90. The Morgan fingerprint density at radius 1 is 0.968 bits per heavy atom. The minimum absolute atomic E-state index is 0.00699. The van der Waals surface area contributed by atoms with Crippen LogP contribution in [-0.2, 0) is 0 Å². The van der Waals surface area contributed by atoms with E-state index < -0.39 is 0 Å². The second kappa shape index (κ2) is 8.46. The van der Waals surface area contributed by atoms with Crippen molar-refractivity contribution in [3.05, 3.63) is 83.4 Å². The quantitative estimate of drug-likeness (QED) is 0.501. The largest absolute Gasteiger partial charge is 0.351 e. The summed E-state index contributed by atoms with van der Waals surface area (Å²) in [5, 5.41) is 4.37. The molecular weight excluding hydrogens is 400 g/mol. The monoisotopic (exact) mass is 430 g/mol. The number of aryl methyl sites for hydroxylation is 2. The van der Waals surface area contributed by atoms with Crippen molar-refractivity contribution in [3.63, 3.8) is 0 Å². The van der Waals surface area contributed by atoms with Gasteiger partial charge in [-0.1, -0.05) is 31.4 Å². The van der Waals surface area contributed by atoms with E-state index >= 15 is 0 Å². The van der Waals surface area contributed by atoms with E-state index in [-0.39, 0.29) is 12.1 Å². The molecule has 1 aliphatic heterocycles. The van der Waals surface area contributed by atoms with Gasteiger partial charge in [0.25, 0.3) is 0 Å². The molecular formula is C26H30N4S.